The van der Waals surface area contributed by atoms with Gasteiger partial charge in [0.2, 0.25) is 5.91 Å². The zero-order chi connectivity index (χ0) is 31.9. The maximum atomic E-state index is 14.0. The van der Waals surface area contributed by atoms with E-state index in [1.165, 1.54) is 4.90 Å². The minimum Gasteiger partial charge on any atom is -0.497 e. The summed E-state index contributed by atoms with van der Waals surface area (Å²) in [6, 6.07) is 2.98. The van der Waals surface area contributed by atoms with E-state index in [1.54, 1.807) is 14.0 Å². The lowest BCUT2D eigenvalue weighted by molar-refractivity contribution is -0.757. The molecule has 0 saturated heterocycles. The van der Waals surface area contributed by atoms with Crippen molar-refractivity contribution in [3.8, 4) is 5.75 Å². The third kappa shape index (κ3) is 10.8. The molecule has 2 N–H and O–H groups in total. The van der Waals surface area contributed by atoms with Gasteiger partial charge in [-0.3, -0.25) is 14.9 Å². The standard InChI is InChI=1S/C32H43N3O9/c1-23(33-28(31(37)38)18-15-24-11-6-3-4-7-12-24)30(36)34-22-26-21-27(42-2)17-16-25(26)13-10-14-29(34)32(39)43-19-8-5-9-20-44-35(40)41/h3-4,6-7,11-12,16-17,21,23-24,28-29,33H,5,8-10,13-15,18-20,22H2,1-2H3,(H,37,38). The topological polar surface area (TPSA) is 158 Å². The number of nitrogens with zero attached hydrogens (tertiary/aromatic N) is 2. The summed E-state index contributed by atoms with van der Waals surface area (Å²) in [6.45, 7) is 1.84. The van der Waals surface area contributed by atoms with E-state index in [2.05, 4.69) is 10.2 Å². The highest BCUT2D eigenvalue weighted by atomic mass is 16.9. The highest BCUT2D eigenvalue weighted by molar-refractivity contribution is 5.88. The van der Waals surface area contributed by atoms with Crippen molar-refractivity contribution >= 4 is 17.8 Å². The molecule has 3 unspecified atom stereocenters. The summed E-state index contributed by atoms with van der Waals surface area (Å²) < 4.78 is 11.0. The number of unbranched alkanes of at least 4 members (excludes halogenated alkanes) is 2. The number of amides is 1. The number of hydrogen-bond donors (Lipinski definition) is 2. The number of fused-ring (bicyclic) bond motifs is 1. The van der Waals surface area contributed by atoms with Gasteiger partial charge < -0.3 is 24.3 Å². The smallest absolute Gasteiger partial charge is 0.328 e. The summed E-state index contributed by atoms with van der Waals surface area (Å²) >= 11 is 0. The second-order valence-electron chi connectivity index (χ2n) is 11.0. The molecule has 0 saturated carbocycles. The summed E-state index contributed by atoms with van der Waals surface area (Å²) in [5.74, 6) is -1.27. The molecule has 3 atom stereocenters. The van der Waals surface area contributed by atoms with Crippen molar-refractivity contribution in [3.63, 3.8) is 0 Å². The second kappa shape index (κ2) is 17.8. The maximum absolute atomic E-state index is 14.0. The Morgan fingerprint density at radius 3 is 2.50 bits per heavy atom. The predicted molar refractivity (Wildman–Crippen MR) is 162 cm³/mol. The molecule has 0 radical (unpaired) electrons. The Morgan fingerprint density at radius 1 is 1.09 bits per heavy atom. The SMILES string of the molecule is COc1ccc2c(c1)CN(C(=O)C(C)NC(CCC1C=CC=CC=C1)C(=O)O)C(C(=O)OCCCCCO[N+](=O)[O-])CCC2. The Morgan fingerprint density at radius 2 is 1.82 bits per heavy atom. The van der Waals surface area contributed by atoms with Crippen molar-refractivity contribution in [2.75, 3.05) is 20.3 Å². The quantitative estimate of drug-likeness (QED) is 0.120. The monoisotopic (exact) mass is 613 g/mol. The molecule has 1 aromatic rings. The predicted octanol–water partition coefficient (Wildman–Crippen LogP) is 4.16. The molecule has 2 aliphatic rings. The number of benzene rings is 1. The molecular formula is C32H43N3O9. The molecule has 1 heterocycles. The zero-order valence-electron chi connectivity index (χ0n) is 25.4. The van der Waals surface area contributed by atoms with Crippen LogP contribution in [-0.2, 0) is 36.9 Å². The Bertz CT molecular complexity index is 1210. The van der Waals surface area contributed by atoms with Crippen LogP contribution in [-0.4, -0.2) is 71.4 Å². The average Bonchev–Trinajstić information content (AvgIpc) is 3.27. The molecule has 1 amide bonds. The van der Waals surface area contributed by atoms with Crippen LogP contribution in [0.5, 0.6) is 5.75 Å². The molecule has 0 bridgehead atoms. The fourth-order valence-corrected chi connectivity index (χ4v) is 5.38. The third-order valence-corrected chi connectivity index (χ3v) is 7.80. The number of esters is 1. The Balaban J connectivity index is 1.72. The Labute approximate surface area is 257 Å². The van der Waals surface area contributed by atoms with E-state index in [1.807, 2.05) is 54.7 Å². The van der Waals surface area contributed by atoms with Crippen LogP contribution < -0.4 is 10.1 Å². The van der Waals surface area contributed by atoms with Crippen LogP contribution >= 0.6 is 0 Å². The lowest BCUT2D eigenvalue weighted by atomic mass is 9.94. The number of carboxylic acids is 1. The highest BCUT2D eigenvalue weighted by Crippen LogP contribution is 2.27. The number of methoxy groups -OCH3 is 1. The number of carbonyl (C=O) groups excluding carboxylic acids is 2. The Hall–Kier alpha value is -4.19. The van der Waals surface area contributed by atoms with Crippen molar-refractivity contribution < 1.29 is 38.9 Å². The van der Waals surface area contributed by atoms with Crippen molar-refractivity contribution in [2.45, 2.75) is 83.0 Å². The second-order valence-corrected chi connectivity index (χ2v) is 11.0. The van der Waals surface area contributed by atoms with Gasteiger partial charge in [-0.05, 0) is 87.5 Å². The van der Waals surface area contributed by atoms with Crippen molar-refractivity contribution in [1.29, 1.82) is 0 Å². The minimum absolute atomic E-state index is 0.0256. The first kappa shape index (κ1) is 34.3. The van der Waals surface area contributed by atoms with E-state index in [9.17, 15) is 29.6 Å². The number of nitrogens with one attached hydrogen (secondary N) is 1. The molecule has 1 aliphatic carbocycles. The molecule has 44 heavy (non-hydrogen) atoms. The normalized spacial score (nSPS) is 17.9. The van der Waals surface area contributed by atoms with E-state index in [0.717, 1.165) is 17.5 Å². The van der Waals surface area contributed by atoms with Crippen LogP contribution in [0.15, 0.2) is 54.7 Å². The minimum atomic E-state index is -1.05. The number of allylic oxidation sites excluding steroid dienone is 6. The Kier molecular flexibility index (Phi) is 13.9. The first-order valence-electron chi connectivity index (χ1n) is 15.1. The van der Waals surface area contributed by atoms with E-state index >= 15 is 0 Å². The molecule has 0 fully saturated rings. The first-order chi connectivity index (χ1) is 21.2. The summed E-state index contributed by atoms with van der Waals surface area (Å²) in [7, 11) is 1.56. The van der Waals surface area contributed by atoms with Gasteiger partial charge >= 0.3 is 11.9 Å². The van der Waals surface area contributed by atoms with Crippen molar-refractivity contribution in [1.82, 2.24) is 10.2 Å². The van der Waals surface area contributed by atoms with Crippen LogP contribution in [0.25, 0.3) is 0 Å². The van der Waals surface area contributed by atoms with Gasteiger partial charge in [-0.1, -0.05) is 42.5 Å². The number of hydrogen-bond acceptors (Lipinski definition) is 9. The van der Waals surface area contributed by atoms with Crippen molar-refractivity contribution in [2.24, 2.45) is 5.92 Å². The fraction of sp³-hybridized carbons (Fsp3) is 0.531. The number of carbonyl (C=O) groups is 3. The van der Waals surface area contributed by atoms with Gasteiger partial charge in [0.1, 0.15) is 17.8 Å². The van der Waals surface area contributed by atoms with Gasteiger partial charge in [0.15, 0.2) is 0 Å². The number of carboxylic acid groups (broad SMARTS) is 1. The van der Waals surface area contributed by atoms with Crippen LogP contribution in [0.1, 0.15) is 63.0 Å². The molecule has 240 valence electrons. The lowest BCUT2D eigenvalue weighted by Gasteiger charge is -2.35. The largest absolute Gasteiger partial charge is 0.497 e. The lowest BCUT2D eigenvalue weighted by Crippen LogP contribution is -2.55. The number of aliphatic carboxylic acids is 1. The molecule has 0 aromatic heterocycles. The third-order valence-electron chi connectivity index (χ3n) is 7.80. The van der Waals surface area contributed by atoms with Crippen LogP contribution in [0.2, 0.25) is 0 Å². The van der Waals surface area contributed by atoms with E-state index in [0.29, 0.717) is 50.7 Å². The van der Waals surface area contributed by atoms with E-state index in [4.69, 9.17) is 9.47 Å². The first-order valence-corrected chi connectivity index (χ1v) is 15.1. The highest BCUT2D eigenvalue weighted by Gasteiger charge is 2.36. The summed E-state index contributed by atoms with van der Waals surface area (Å²) in [5, 5.41) is 22.4. The maximum Gasteiger partial charge on any atom is 0.328 e. The number of ether oxygens (including phenoxy) is 2. The van der Waals surface area contributed by atoms with Gasteiger partial charge in [0.05, 0.1) is 26.4 Å². The summed E-state index contributed by atoms with van der Waals surface area (Å²) in [6.07, 6.45) is 15.9. The van der Waals surface area contributed by atoms with Gasteiger partial charge in [0.25, 0.3) is 5.09 Å². The molecular weight excluding hydrogens is 570 g/mol. The fourth-order valence-electron chi connectivity index (χ4n) is 5.38. The molecule has 1 aliphatic heterocycles. The van der Waals surface area contributed by atoms with Crippen LogP contribution in [0.3, 0.4) is 0 Å². The number of aryl methyl sites for hydroxylation is 1. The molecule has 0 spiro atoms. The van der Waals surface area contributed by atoms with Gasteiger partial charge in [-0.15, -0.1) is 10.1 Å². The molecule has 1 aromatic carbocycles. The molecule has 12 nitrogen and oxygen atoms in total. The van der Waals surface area contributed by atoms with Gasteiger partial charge in [0, 0.05) is 6.54 Å². The summed E-state index contributed by atoms with van der Waals surface area (Å²) in [5.41, 5.74) is 1.90. The zero-order valence-corrected chi connectivity index (χ0v) is 25.4. The van der Waals surface area contributed by atoms with Crippen LogP contribution in [0, 0.1) is 16.0 Å². The molecule has 3 rings (SSSR count). The number of rotatable bonds is 16. The average molecular weight is 614 g/mol. The van der Waals surface area contributed by atoms with E-state index in [-0.39, 0.29) is 25.7 Å². The molecule has 12 heteroatoms. The van der Waals surface area contributed by atoms with E-state index < -0.39 is 41.1 Å². The van der Waals surface area contributed by atoms with Gasteiger partial charge in [-0.25, -0.2) is 4.79 Å². The van der Waals surface area contributed by atoms with Crippen molar-refractivity contribution in [3.05, 3.63) is 75.9 Å². The van der Waals surface area contributed by atoms with Gasteiger partial charge in [-0.2, -0.15) is 0 Å². The van der Waals surface area contributed by atoms with Crippen LogP contribution in [0.4, 0.5) is 0 Å². The summed E-state index contributed by atoms with van der Waals surface area (Å²) in [4.78, 5) is 55.6.